The number of hydrogen-bond donors (Lipinski definition) is 1. The zero-order chi connectivity index (χ0) is 13.4. The van der Waals surface area contributed by atoms with Gasteiger partial charge in [-0.1, -0.05) is 25.1 Å². The Balaban J connectivity index is 2.20. The molecule has 1 aliphatic rings. The predicted octanol–water partition coefficient (Wildman–Crippen LogP) is 1.24. The number of nitrogens with zero attached hydrogens (tertiary/aromatic N) is 1. The molecule has 1 aromatic heterocycles. The van der Waals surface area contributed by atoms with Gasteiger partial charge in [0.25, 0.3) is 5.56 Å². The summed E-state index contributed by atoms with van der Waals surface area (Å²) in [6.45, 7) is 1.99. The van der Waals surface area contributed by atoms with Gasteiger partial charge in [0.1, 0.15) is 6.10 Å². The Morgan fingerprint density at radius 3 is 2.74 bits per heavy atom. The van der Waals surface area contributed by atoms with Crippen molar-refractivity contribution in [3.8, 4) is 11.6 Å². The number of ether oxygens (including phenoxy) is 1. The van der Waals surface area contributed by atoms with Crippen LogP contribution in [-0.2, 0) is 6.42 Å². The second-order valence-corrected chi connectivity index (χ2v) is 4.57. The summed E-state index contributed by atoms with van der Waals surface area (Å²) in [7, 11) is 0. The number of fused-ring (bicyclic) bond motifs is 1. The van der Waals surface area contributed by atoms with Crippen molar-refractivity contribution in [3.05, 3.63) is 56.7 Å². The Kier molecular flexibility index (Phi) is 2.74. The molecule has 0 amide bonds. The van der Waals surface area contributed by atoms with Crippen molar-refractivity contribution in [1.29, 1.82) is 0 Å². The Bertz CT molecular complexity index is 716. The number of hydrogen-bond acceptors (Lipinski definition) is 3. The van der Waals surface area contributed by atoms with Gasteiger partial charge in [-0.15, -0.1) is 0 Å². The minimum Gasteiger partial charge on any atom is -0.475 e. The first kappa shape index (κ1) is 11.8. The lowest BCUT2D eigenvalue weighted by Gasteiger charge is -2.06. The molecule has 2 aromatic rings. The number of H-pyrrole nitrogens is 1. The number of aromatic nitrogens is 2. The molecule has 0 radical (unpaired) electrons. The Labute approximate surface area is 109 Å². The van der Waals surface area contributed by atoms with Crippen molar-refractivity contribution in [2.24, 2.45) is 0 Å². The molecule has 1 aromatic carbocycles. The smallest absolute Gasteiger partial charge is 0.335 e. The van der Waals surface area contributed by atoms with Crippen LogP contribution in [0.25, 0.3) is 5.69 Å². The van der Waals surface area contributed by atoms with Gasteiger partial charge >= 0.3 is 5.69 Å². The van der Waals surface area contributed by atoms with E-state index in [1.807, 2.05) is 13.0 Å². The van der Waals surface area contributed by atoms with Gasteiger partial charge in [0.2, 0.25) is 5.88 Å². The summed E-state index contributed by atoms with van der Waals surface area (Å²) in [5, 5.41) is 0. The average Bonchev–Trinajstić information content (AvgIpc) is 2.83. The molecule has 19 heavy (non-hydrogen) atoms. The Hall–Kier alpha value is -2.30. The van der Waals surface area contributed by atoms with E-state index in [4.69, 9.17) is 4.74 Å². The van der Waals surface area contributed by atoms with E-state index in [1.165, 1.54) is 0 Å². The van der Waals surface area contributed by atoms with Crippen LogP contribution in [0, 0.1) is 0 Å². The maximum Gasteiger partial charge on any atom is 0.335 e. The lowest BCUT2D eigenvalue weighted by molar-refractivity contribution is 0.220. The lowest BCUT2D eigenvalue weighted by atomic mass is 10.1. The quantitative estimate of drug-likeness (QED) is 0.881. The summed E-state index contributed by atoms with van der Waals surface area (Å²) < 4.78 is 6.69. The average molecular weight is 258 g/mol. The summed E-state index contributed by atoms with van der Waals surface area (Å²) >= 11 is 0. The fraction of sp³-hybridized carbons (Fsp3) is 0.286. The van der Waals surface area contributed by atoms with E-state index in [0.717, 1.165) is 11.0 Å². The van der Waals surface area contributed by atoms with E-state index < -0.39 is 5.69 Å². The third-order valence-corrected chi connectivity index (χ3v) is 3.34. The third-order valence-electron chi connectivity index (χ3n) is 3.34. The Morgan fingerprint density at radius 1 is 1.32 bits per heavy atom. The topological polar surface area (TPSA) is 64.1 Å². The minimum atomic E-state index is -0.466. The van der Waals surface area contributed by atoms with Crippen molar-refractivity contribution in [2.75, 3.05) is 0 Å². The third kappa shape index (κ3) is 1.87. The SMILES string of the molecule is CCC1Cc2c([nH]c(=O)n(-c3ccccc3)c2=O)O1. The number of benzene rings is 1. The molecule has 0 spiro atoms. The number of aromatic amines is 1. The van der Waals surface area contributed by atoms with Crippen LogP contribution in [0.2, 0.25) is 0 Å². The van der Waals surface area contributed by atoms with E-state index in [-0.39, 0.29) is 11.7 Å². The highest BCUT2D eigenvalue weighted by molar-refractivity contribution is 5.36. The molecule has 5 nitrogen and oxygen atoms in total. The molecule has 98 valence electrons. The van der Waals surface area contributed by atoms with Gasteiger partial charge in [-0.25, -0.2) is 9.36 Å². The largest absolute Gasteiger partial charge is 0.475 e. The summed E-state index contributed by atoms with van der Waals surface area (Å²) in [6.07, 6.45) is 1.33. The summed E-state index contributed by atoms with van der Waals surface area (Å²) in [4.78, 5) is 27.1. The normalized spacial score (nSPS) is 17.0. The van der Waals surface area contributed by atoms with Crippen molar-refractivity contribution in [1.82, 2.24) is 9.55 Å². The lowest BCUT2D eigenvalue weighted by Crippen LogP contribution is -2.35. The highest BCUT2D eigenvalue weighted by Gasteiger charge is 2.27. The van der Waals surface area contributed by atoms with Crippen LogP contribution in [-0.4, -0.2) is 15.7 Å². The first-order valence-corrected chi connectivity index (χ1v) is 6.31. The monoisotopic (exact) mass is 258 g/mol. The summed E-state index contributed by atoms with van der Waals surface area (Å²) in [5.41, 5.74) is 0.361. The minimum absolute atomic E-state index is 0.0232. The molecule has 0 fully saturated rings. The second-order valence-electron chi connectivity index (χ2n) is 4.57. The highest BCUT2D eigenvalue weighted by Crippen LogP contribution is 2.23. The van der Waals surface area contributed by atoms with Crippen molar-refractivity contribution in [2.45, 2.75) is 25.9 Å². The fourth-order valence-electron chi connectivity index (χ4n) is 2.31. The van der Waals surface area contributed by atoms with E-state index in [1.54, 1.807) is 24.3 Å². The molecule has 0 aliphatic carbocycles. The standard InChI is InChI=1S/C14H14N2O3/c1-2-10-8-11-12(19-10)15-14(18)16(13(11)17)9-6-4-3-5-7-9/h3-7,10H,2,8H2,1H3,(H,15,18). The van der Waals surface area contributed by atoms with Crippen LogP contribution in [0.3, 0.4) is 0 Å². The van der Waals surface area contributed by atoms with Crippen LogP contribution in [0.15, 0.2) is 39.9 Å². The van der Waals surface area contributed by atoms with Gasteiger partial charge < -0.3 is 4.74 Å². The van der Waals surface area contributed by atoms with Crippen molar-refractivity contribution >= 4 is 0 Å². The molecule has 3 rings (SSSR count). The zero-order valence-electron chi connectivity index (χ0n) is 10.6. The molecule has 2 heterocycles. The number of para-hydroxylation sites is 1. The van der Waals surface area contributed by atoms with Crippen LogP contribution >= 0.6 is 0 Å². The van der Waals surface area contributed by atoms with Gasteiger partial charge in [0.05, 0.1) is 11.3 Å². The van der Waals surface area contributed by atoms with Gasteiger partial charge in [-0.2, -0.15) is 0 Å². The molecule has 1 N–H and O–H groups in total. The maximum atomic E-state index is 12.4. The molecule has 5 heteroatoms. The van der Waals surface area contributed by atoms with Gasteiger partial charge in [0, 0.05) is 6.42 Å². The molecular formula is C14H14N2O3. The molecule has 1 atom stereocenters. The van der Waals surface area contributed by atoms with Crippen molar-refractivity contribution < 1.29 is 4.74 Å². The first-order chi connectivity index (χ1) is 9.20. The summed E-state index contributed by atoms with van der Waals surface area (Å²) in [6, 6.07) is 8.89. The zero-order valence-corrected chi connectivity index (χ0v) is 10.6. The van der Waals surface area contributed by atoms with E-state index in [2.05, 4.69) is 4.98 Å². The summed E-state index contributed by atoms with van der Waals surface area (Å²) in [5.74, 6) is 0.328. The molecule has 0 saturated heterocycles. The molecule has 1 unspecified atom stereocenters. The van der Waals surface area contributed by atoms with E-state index in [9.17, 15) is 9.59 Å². The van der Waals surface area contributed by atoms with Gasteiger partial charge in [-0.3, -0.25) is 9.78 Å². The molecule has 0 bridgehead atoms. The fourth-order valence-corrected chi connectivity index (χ4v) is 2.31. The van der Waals surface area contributed by atoms with Crippen molar-refractivity contribution in [3.63, 3.8) is 0 Å². The molecular weight excluding hydrogens is 244 g/mol. The van der Waals surface area contributed by atoms with Crippen LogP contribution < -0.4 is 16.0 Å². The number of nitrogens with one attached hydrogen (secondary N) is 1. The second kappa shape index (κ2) is 4.42. The predicted molar refractivity (Wildman–Crippen MR) is 71.1 cm³/mol. The molecule has 1 aliphatic heterocycles. The number of rotatable bonds is 2. The maximum absolute atomic E-state index is 12.4. The highest BCUT2D eigenvalue weighted by atomic mass is 16.5. The van der Waals surface area contributed by atoms with Crippen LogP contribution in [0.5, 0.6) is 5.88 Å². The van der Waals surface area contributed by atoms with Crippen LogP contribution in [0.1, 0.15) is 18.9 Å². The van der Waals surface area contributed by atoms with Gasteiger partial charge in [0.15, 0.2) is 0 Å². The van der Waals surface area contributed by atoms with Crippen LogP contribution in [0.4, 0.5) is 0 Å². The Morgan fingerprint density at radius 2 is 2.05 bits per heavy atom. The van der Waals surface area contributed by atoms with E-state index >= 15 is 0 Å². The van der Waals surface area contributed by atoms with Gasteiger partial charge in [-0.05, 0) is 18.6 Å². The molecule has 0 saturated carbocycles. The first-order valence-electron chi connectivity index (χ1n) is 6.31. The van der Waals surface area contributed by atoms with E-state index in [0.29, 0.717) is 23.6 Å².